The van der Waals surface area contributed by atoms with E-state index in [1.807, 2.05) is 19.1 Å². The van der Waals surface area contributed by atoms with Crippen LogP contribution in [-0.2, 0) is 4.79 Å². The molecule has 0 aliphatic rings. The summed E-state index contributed by atoms with van der Waals surface area (Å²) in [6.07, 6.45) is 2.06. The molecule has 0 aliphatic carbocycles. The Bertz CT molecular complexity index is 970. The summed E-state index contributed by atoms with van der Waals surface area (Å²) in [5.41, 5.74) is 1.03. The zero-order valence-corrected chi connectivity index (χ0v) is 14.8. The Balaban J connectivity index is 1.90. The molecule has 0 aliphatic heterocycles. The zero-order valence-electron chi connectivity index (χ0n) is 14.8. The number of hydrogen-bond acceptors (Lipinski definition) is 5. The summed E-state index contributed by atoms with van der Waals surface area (Å²) in [6, 6.07) is 13.5. The van der Waals surface area contributed by atoms with Crippen molar-refractivity contribution in [3.05, 3.63) is 58.8 Å². The second kappa shape index (κ2) is 7.87. The first-order valence-corrected chi connectivity index (χ1v) is 8.53. The van der Waals surface area contributed by atoms with E-state index in [1.54, 1.807) is 37.4 Å². The van der Waals surface area contributed by atoms with Gasteiger partial charge in [-0.25, -0.2) is 0 Å². The lowest BCUT2D eigenvalue weighted by molar-refractivity contribution is -0.134. The molecule has 0 saturated heterocycles. The van der Waals surface area contributed by atoms with Crippen LogP contribution < -0.4 is 14.9 Å². The molecule has 0 N–H and O–H groups in total. The summed E-state index contributed by atoms with van der Waals surface area (Å²) in [4.78, 5) is 24.2. The lowest BCUT2D eigenvalue weighted by Crippen LogP contribution is -2.08. The van der Waals surface area contributed by atoms with Crippen molar-refractivity contribution in [2.24, 2.45) is 0 Å². The van der Waals surface area contributed by atoms with Gasteiger partial charge in [-0.2, -0.15) is 0 Å². The van der Waals surface area contributed by atoms with Gasteiger partial charge in [-0.1, -0.05) is 13.3 Å². The molecule has 1 aromatic heterocycles. The molecule has 0 bridgehead atoms. The molecule has 5 heteroatoms. The van der Waals surface area contributed by atoms with E-state index >= 15 is 0 Å². The van der Waals surface area contributed by atoms with Crippen LogP contribution in [0.5, 0.6) is 11.5 Å². The van der Waals surface area contributed by atoms with Crippen LogP contribution in [0.3, 0.4) is 0 Å². The zero-order chi connectivity index (χ0) is 18.5. The number of hydrogen-bond donors (Lipinski definition) is 0. The first-order chi connectivity index (χ1) is 12.6. The van der Waals surface area contributed by atoms with Gasteiger partial charge in [-0.05, 0) is 48.9 Å². The molecule has 0 atom stereocenters. The minimum atomic E-state index is -0.301. The van der Waals surface area contributed by atoms with E-state index < -0.39 is 0 Å². The predicted octanol–water partition coefficient (Wildman–Crippen LogP) is 4.56. The Labute approximate surface area is 151 Å². The Kier molecular flexibility index (Phi) is 5.37. The summed E-state index contributed by atoms with van der Waals surface area (Å²) in [5, 5.41) is 0.378. The number of benzene rings is 2. The molecule has 0 amide bonds. The van der Waals surface area contributed by atoms with Gasteiger partial charge in [0.25, 0.3) is 0 Å². The third kappa shape index (κ3) is 3.94. The van der Waals surface area contributed by atoms with E-state index in [9.17, 15) is 9.59 Å². The van der Waals surface area contributed by atoms with Crippen molar-refractivity contribution >= 4 is 16.9 Å². The summed E-state index contributed by atoms with van der Waals surface area (Å²) in [6.45, 7) is 2.01. The molecule has 0 spiro atoms. The quantitative estimate of drug-likeness (QED) is 0.480. The molecule has 26 heavy (non-hydrogen) atoms. The van der Waals surface area contributed by atoms with Crippen molar-refractivity contribution in [3.8, 4) is 22.8 Å². The summed E-state index contributed by atoms with van der Waals surface area (Å²) in [5.74, 6) is 1.25. The molecule has 0 unspecified atom stereocenters. The Morgan fingerprint density at radius 1 is 1.04 bits per heavy atom. The number of rotatable bonds is 6. The van der Waals surface area contributed by atoms with Crippen molar-refractivity contribution in [1.82, 2.24) is 0 Å². The highest BCUT2D eigenvalue weighted by atomic mass is 16.5. The maximum Gasteiger partial charge on any atom is 0.311 e. The fourth-order valence-corrected chi connectivity index (χ4v) is 2.60. The molecule has 1 heterocycles. The van der Waals surface area contributed by atoms with Crippen LogP contribution in [0.15, 0.2) is 57.7 Å². The number of methoxy groups -OCH3 is 1. The second-order valence-electron chi connectivity index (χ2n) is 5.94. The van der Waals surface area contributed by atoms with Gasteiger partial charge in [0, 0.05) is 18.1 Å². The van der Waals surface area contributed by atoms with Crippen LogP contribution in [0.2, 0.25) is 0 Å². The minimum Gasteiger partial charge on any atom is -0.497 e. The SMILES string of the molecule is CCCCC(=O)Oc1ccc2oc(-c3ccc(OC)cc3)cc(=O)c2c1. The highest BCUT2D eigenvalue weighted by Gasteiger charge is 2.10. The smallest absolute Gasteiger partial charge is 0.311 e. The minimum absolute atomic E-state index is 0.191. The standard InChI is InChI=1S/C21H20O5/c1-3-4-5-21(23)25-16-10-11-19-17(12-16)18(22)13-20(26-19)14-6-8-15(24-2)9-7-14/h6-13H,3-5H2,1-2H3. The monoisotopic (exact) mass is 352 g/mol. The van der Waals surface area contributed by atoms with Gasteiger partial charge < -0.3 is 13.9 Å². The molecule has 2 aromatic carbocycles. The summed E-state index contributed by atoms with van der Waals surface area (Å²) >= 11 is 0. The summed E-state index contributed by atoms with van der Waals surface area (Å²) in [7, 11) is 1.60. The number of unbranched alkanes of at least 4 members (excludes halogenated alkanes) is 1. The van der Waals surface area contributed by atoms with E-state index in [1.165, 1.54) is 6.07 Å². The first-order valence-electron chi connectivity index (χ1n) is 8.53. The Morgan fingerprint density at radius 2 is 1.77 bits per heavy atom. The van der Waals surface area contributed by atoms with Gasteiger partial charge in [0.05, 0.1) is 12.5 Å². The Hall–Kier alpha value is -3.08. The number of esters is 1. The second-order valence-corrected chi connectivity index (χ2v) is 5.94. The highest BCUT2D eigenvalue weighted by Crippen LogP contribution is 2.26. The van der Waals surface area contributed by atoms with Crippen LogP contribution in [-0.4, -0.2) is 13.1 Å². The molecule has 3 rings (SSSR count). The van der Waals surface area contributed by atoms with E-state index in [2.05, 4.69) is 0 Å². The third-order valence-corrected chi connectivity index (χ3v) is 4.04. The first kappa shape index (κ1) is 17.7. The Morgan fingerprint density at radius 3 is 2.46 bits per heavy atom. The average molecular weight is 352 g/mol. The van der Waals surface area contributed by atoms with Crippen molar-refractivity contribution in [2.75, 3.05) is 7.11 Å². The normalized spacial score (nSPS) is 10.7. The average Bonchev–Trinajstić information content (AvgIpc) is 2.66. The van der Waals surface area contributed by atoms with Crippen LogP contribution in [0.1, 0.15) is 26.2 Å². The molecule has 134 valence electrons. The highest BCUT2D eigenvalue weighted by molar-refractivity contribution is 5.81. The van der Waals surface area contributed by atoms with Gasteiger partial charge in [0.1, 0.15) is 22.8 Å². The largest absolute Gasteiger partial charge is 0.497 e. The fraction of sp³-hybridized carbons (Fsp3) is 0.238. The van der Waals surface area contributed by atoms with E-state index in [-0.39, 0.29) is 11.4 Å². The molecule has 0 fully saturated rings. The molecular weight excluding hydrogens is 332 g/mol. The fourth-order valence-electron chi connectivity index (χ4n) is 2.60. The van der Waals surface area contributed by atoms with E-state index in [0.29, 0.717) is 28.9 Å². The molecule has 5 nitrogen and oxygen atoms in total. The van der Waals surface area contributed by atoms with Crippen LogP contribution >= 0.6 is 0 Å². The van der Waals surface area contributed by atoms with Crippen molar-refractivity contribution in [3.63, 3.8) is 0 Å². The third-order valence-electron chi connectivity index (χ3n) is 4.04. The van der Waals surface area contributed by atoms with Crippen molar-refractivity contribution in [2.45, 2.75) is 26.2 Å². The van der Waals surface area contributed by atoms with Crippen LogP contribution in [0.4, 0.5) is 0 Å². The lowest BCUT2D eigenvalue weighted by Gasteiger charge is -2.07. The van der Waals surface area contributed by atoms with Crippen LogP contribution in [0.25, 0.3) is 22.3 Å². The maximum atomic E-state index is 12.5. The van der Waals surface area contributed by atoms with E-state index in [0.717, 1.165) is 24.2 Å². The van der Waals surface area contributed by atoms with Gasteiger partial charge in [0.2, 0.25) is 0 Å². The summed E-state index contributed by atoms with van der Waals surface area (Å²) < 4.78 is 16.3. The molecule has 3 aromatic rings. The van der Waals surface area contributed by atoms with Gasteiger partial charge in [-0.3, -0.25) is 9.59 Å². The lowest BCUT2D eigenvalue weighted by atomic mass is 10.1. The topological polar surface area (TPSA) is 65.7 Å². The van der Waals surface area contributed by atoms with Crippen LogP contribution in [0, 0.1) is 0 Å². The van der Waals surface area contributed by atoms with Crippen molar-refractivity contribution < 1.29 is 18.7 Å². The predicted molar refractivity (Wildman–Crippen MR) is 99.6 cm³/mol. The molecule has 0 radical (unpaired) electrons. The number of carbonyl (C=O) groups is 1. The van der Waals surface area contributed by atoms with Crippen molar-refractivity contribution in [1.29, 1.82) is 0 Å². The molecule has 0 saturated carbocycles. The van der Waals surface area contributed by atoms with Gasteiger partial charge >= 0.3 is 5.97 Å². The number of carbonyl (C=O) groups excluding carboxylic acids is 1. The van der Waals surface area contributed by atoms with E-state index in [4.69, 9.17) is 13.9 Å². The van der Waals surface area contributed by atoms with Gasteiger partial charge in [-0.15, -0.1) is 0 Å². The maximum absolute atomic E-state index is 12.5. The van der Waals surface area contributed by atoms with Gasteiger partial charge in [0.15, 0.2) is 5.43 Å². The number of fused-ring (bicyclic) bond motifs is 1. The molecular formula is C21H20O5. The number of ether oxygens (including phenoxy) is 2.